The molecular weight excluding hydrogens is 358 g/mol. The number of carbonyl (C=O) groups excluding carboxylic acids is 1. The Morgan fingerprint density at radius 3 is 2.32 bits per heavy atom. The third kappa shape index (κ3) is 4.61. The number of nitrogens with one attached hydrogen (secondary N) is 1. The molecule has 1 N–H and O–H groups in total. The molecular formula is C18H23NO4S2. The third-order valence-electron chi connectivity index (χ3n) is 3.77. The average molecular weight is 382 g/mol. The molecule has 0 fully saturated rings. The molecule has 7 heteroatoms. The van der Waals surface area contributed by atoms with E-state index in [2.05, 4.69) is 5.32 Å². The van der Waals surface area contributed by atoms with E-state index < -0.39 is 20.5 Å². The smallest absolute Gasteiger partial charge is 0.225 e. The third-order valence-corrected chi connectivity index (χ3v) is 7.30. The van der Waals surface area contributed by atoms with E-state index in [-0.39, 0.29) is 12.5 Å². The van der Waals surface area contributed by atoms with Gasteiger partial charge in [-0.25, -0.2) is 8.42 Å². The predicted octanol–water partition coefficient (Wildman–Crippen LogP) is 3.43. The van der Waals surface area contributed by atoms with E-state index in [0.717, 1.165) is 0 Å². The van der Waals surface area contributed by atoms with Crippen LogP contribution in [-0.2, 0) is 14.6 Å². The first-order chi connectivity index (χ1) is 11.7. The molecule has 1 aromatic carbocycles. The fourth-order valence-corrected chi connectivity index (χ4v) is 5.11. The van der Waals surface area contributed by atoms with E-state index in [1.54, 1.807) is 69.7 Å². The number of rotatable bonds is 6. The van der Waals surface area contributed by atoms with E-state index in [0.29, 0.717) is 15.5 Å². The van der Waals surface area contributed by atoms with Gasteiger partial charge < -0.3 is 10.1 Å². The Labute approximate surface area is 152 Å². The number of hydrogen-bond donors (Lipinski definition) is 1. The first kappa shape index (κ1) is 19.5. The van der Waals surface area contributed by atoms with Crippen molar-refractivity contribution in [1.82, 2.24) is 5.32 Å². The fraction of sp³-hybridized carbons (Fsp3) is 0.389. The molecule has 0 aliphatic heterocycles. The molecule has 2 aromatic rings. The van der Waals surface area contributed by atoms with Gasteiger partial charge in [-0.3, -0.25) is 4.79 Å². The van der Waals surface area contributed by atoms with Crippen LogP contribution in [0.4, 0.5) is 0 Å². The number of amides is 1. The second kappa shape index (κ2) is 7.58. The Bertz CT molecular complexity index is 804. The normalized spacial score (nSPS) is 13.3. The lowest BCUT2D eigenvalue weighted by molar-refractivity contribution is -0.128. The van der Waals surface area contributed by atoms with Gasteiger partial charge in [0.15, 0.2) is 9.84 Å². The van der Waals surface area contributed by atoms with Gasteiger partial charge in [0.05, 0.1) is 7.11 Å². The number of benzene rings is 1. The van der Waals surface area contributed by atoms with Gasteiger partial charge in [0, 0.05) is 12.0 Å². The number of hydrogen-bond acceptors (Lipinski definition) is 5. The zero-order valence-corrected chi connectivity index (χ0v) is 16.4. The van der Waals surface area contributed by atoms with Gasteiger partial charge in [0.25, 0.3) is 0 Å². The molecule has 5 nitrogen and oxygen atoms in total. The van der Waals surface area contributed by atoms with Crippen LogP contribution < -0.4 is 10.1 Å². The van der Waals surface area contributed by atoms with Gasteiger partial charge in [0.2, 0.25) is 5.91 Å². The van der Waals surface area contributed by atoms with Gasteiger partial charge in [-0.1, -0.05) is 39.0 Å². The molecule has 136 valence electrons. The lowest BCUT2D eigenvalue weighted by Crippen LogP contribution is -2.38. The van der Waals surface area contributed by atoms with Gasteiger partial charge in [0.1, 0.15) is 15.2 Å². The number of methoxy groups -OCH3 is 1. The molecule has 0 aliphatic carbocycles. The van der Waals surface area contributed by atoms with Crippen molar-refractivity contribution in [2.24, 2.45) is 5.41 Å². The van der Waals surface area contributed by atoms with E-state index in [1.165, 1.54) is 11.3 Å². The minimum absolute atomic E-state index is 0.0165. The number of ether oxygens (including phenoxy) is 1. The second-order valence-corrected chi connectivity index (χ2v) is 10.0. The summed E-state index contributed by atoms with van der Waals surface area (Å²) in [7, 11) is -2.05. The summed E-state index contributed by atoms with van der Waals surface area (Å²) in [6.07, 6.45) is 0. The van der Waals surface area contributed by atoms with Crippen molar-refractivity contribution in [3.63, 3.8) is 0 Å². The van der Waals surface area contributed by atoms with Crippen molar-refractivity contribution in [3.8, 4) is 5.75 Å². The van der Waals surface area contributed by atoms with Crippen molar-refractivity contribution in [2.75, 3.05) is 13.7 Å². The summed E-state index contributed by atoms with van der Waals surface area (Å²) in [5.41, 5.74) is 0.0281. The van der Waals surface area contributed by atoms with Crippen LogP contribution in [0.15, 0.2) is 46.0 Å². The van der Waals surface area contributed by atoms with Gasteiger partial charge >= 0.3 is 0 Å². The topological polar surface area (TPSA) is 72.5 Å². The standard InChI is InChI=1S/C18H23NO4S2/c1-18(2,3)17(20)19-12-15(13-7-9-14(23-4)10-8-13)25(21,22)16-6-5-11-24-16/h5-11,15H,12H2,1-4H3,(H,19,20)/t15-/m0/s1. The summed E-state index contributed by atoms with van der Waals surface area (Å²) in [6.45, 7) is 5.39. The molecule has 1 heterocycles. The summed E-state index contributed by atoms with van der Waals surface area (Å²) < 4.78 is 31.5. The quantitative estimate of drug-likeness (QED) is 0.832. The molecule has 0 saturated carbocycles. The Balaban J connectivity index is 2.36. The zero-order chi connectivity index (χ0) is 18.7. The highest BCUT2D eigenvalue weighted by atomic mass is 32.2. The number of thiophene rings is 1. The maximum absolute atomic E-state index is 13.0. The van der Waals surface area contributed by atoms with E-state index in [1.807, 2.05) is 0 Å². The monoisotopic (exact) mass is 381 g/mol. The average Bonchev–Trinajstić information content (AvgIpc) is 3.09. The highest BCUT2D eigenvalue weighted by molar-refractivity contribution is 7.93. The van der Waals surface area contributed by atoms with Crippen LogP contribution in [0.5, 0.6) is 5.75 Å². The summed E-state index contributed by atoms with van der Waals surface area (Å²) in [4.78, 5) is 12.2. The highest BCUT2D eigenvalue weighted by Crippen LogP contribution is 2.32. The molecule has 0 saturated heterocycles. The van der Waals surface area contributed by atoms with Gasteiger partial charge in [-0.15, -0.1) is 11.3 Å². The Hall–Kier alpha value is -1.86. The van der Waals surface area contributed by atoms with Crippen molar-refractivity contribution in [1.29, 1.82) is 0 Å². The first-order valence-corrected chi connectivity index (χ1v) is 10.3. The van der Waals surface area contributed by atoms with E-state index >= 15 is 0 Å². The van der Waals surface area contributed by atoms with Crippen molar-refractivity contribution >= 4 is 27.1 Å². The predicted molar refractivity (Wildman–Crippen MR) is 99.7 cm³/mol. The molecule has 0 bridgehead atoms. The molecule has 25 heavy (non-hydrogen) atoms. The molecule has 0 unspecified atom stereocenters. The van der Waals surface area contributed by atoms with Crippen molar-refractivity contribution in [3.05, 3.63) is 47.3 Å². The van der Waals surface area contributed by atoms with E-state index in [4.69, 9.17) is 4.74 Å². The number of carbonyl (C=O) groups is 1. The largest absolute Gasteiger partial charge is 0.497 e. The molecule has 2 rings (SSSR count). The maximum atomic E-state index is 13.0. The van der Waals surface area contributed by atoms with Crippen LogP contribution >= 0.6 is 11.3 Å². The molecule has 1 amide bonds. The van der Waals surface area contributed by atoms with Crippen LogP contribution in [0, 0.1) is 5.41 Å². The molecule has 0 aliphatic rings. The summed E-state index contributed by atoms with van der Waals surface area (Å²) >= 11 is 1.17. The zero-order valence-electron chi connectivity index (χ0n) is 14.8. The fourth-order valence-electron chi connectivity index (χ4n) is 2.24. The summed E-state index contributed by atoms with van der Waals surface area (Å²) in [5.74, 6) is 0.460. The Morgan fingerprint density at radius 2 is 1.84 bits per heavy atom. The van der Waals surface area contributed by atoms with Gasteiger partial charge in [-0.2, -0.15) is 0 Å². The Morgan fingerprint density at radius 1 is 1.20 bits per heavy atom. The second-order valence-electron chi connectivity index (χ2n) is 6.70. The SMILES string of the molecule is COc1ccc([C@H](CNC(=O)C(C)(C)C)S(=O)(=O)c2cccs2)cc1. The lowest BCUT2D eigenvalue weighted by Gasteiger charge is -2.22. The Kier molecular flexibility index (Phi) is 5.90. The van der Waals surface area contributed by atoms with Crippen molar-refractivity contribution in [2.45, 2.75) is 30.2 Å². The van der Waals surface area contributed by atoms with Gasteiger partial charge in [-0.05, 0) is 29.1 Å². The summed E-state index contributed by atoms with van der Waals surface area (Å²) in [6, 6.07) is 10.2. The van der Waals surface area contributed by atoms with Crippen LogP contribution in [0.25, 0.3) is 0 Å². The van der Waals surface area contributed by atoms with Crippen LogP contribution in [0.1, 0.15) is 31.6 Å². The molecule has 0 radical (unpaired) electrons. The highest BCUT2D eigenvalue weighted by Gasteiger charge is 2.32. The first-order valence-electron chi connectivity index (χ1n) is 7.86. The van der Waals surface area contributed by atoms with Crippen LogP contribution in [0.2, 0.25) is 0 Å². The van der Waals surface area contributed by atoms with Crippen molar-refractivity contribution < 1.29 is 17.9 Å². The maximum Gasteiger partial charge on any atom is 0.225 e. The molecule has 1 aromatic heterocycles. The molecule has 1 atom stereocenters. The van der Waals surface area contributed by atoms with E-state index in [9.17, 15) is 13.2 Å². The minimum Gasteiger partial charge on any atom is -0.497 e. The number of sulfone groups is 1. The molecule has 0 spiro atoms. The van der Waals surface area contributed by atoms with Crippen LogP contribution in [0.3, 0.4) is 0 Å². The summed E-state index contributed by atoms with van der Waals surface area (Å²) in [5, 5.41) is 3.64. The van der Waals surface area contributed by atoms with Crippen LogP contribution in [-0.4, -0.2) is 28.0 Å². The lowest BCUT2D eigenvalue weighted by atomic mass is 9.95. The minimum atomic E-state index is -3.61.